The summed E-state index contributed by atoms with van der Waals surface area (Å²) in [4.78, 5) is 0. The van der Waals surface area contributed by atoms with Crippen LogP contribution in [0.3, 0.4) is 0 Å². The first kappa shape index (κ1) is 15.6. The Hall–Kier alpha value is -1.80. The normalized spacial score (nSPS) is 12.2. The van der Waals surface area contributed by atoms with Crippen molar-refractivity contribution in [2.75, 3.05) is 13.7 Å². The van der Waals surface area contributed by atoms with Gasteiger partial charge >= 0.3 is 0 Å². The minimum absolute atomic E-state index is 0.311. The first-order chi connectivity index (χ1) is 10.1. The summed E-state index contributed by atoms with van der Waals surface area (Å²) in [5.74, 6) is 0.969. The summed E-state index contributed by atoms with van der Waals surface area (Å²) >= 11 is 0. The highest BCUT2D eigenvalue weighted by molar-refractivity contribution is 5.38. The molecule has 0 saturated heterocycles. The molecule has 0 aliphatic rings. The lowest BCUT2D eigenvalue weighted by molar-refractivity contribution is 0.405. The number of ether oxygens (including phenoxy) is 1. The molecule has 0 radical (unpaired) electrons. The molecule has 2 nitrogen and oxygen atoms in total. The standard InChI is InChI=1S/C19H25NO/c1-5-20-18(16-8-6-7-14(2)11-16)13-17-12-15(3)9-10-19(17)21-4/h6-12,18,20H,5,13H2,1-4H3. The van der Waals surface area contributed by atoms with E-state index in [9.17, 15) is 0 Å². The Balaban J connectivity index is 2.30. The van der Waals surface area contributed by atoms with E-state index in [1.165, 1.54) is 22.3 Å². The molecule has 0 aromatic heterocycles. The van der Waals surface area contributed by atoms with Gasteiger partial charge in [0.1, 0.15) is 5.75 Å². The van der Waals surface area contributed by atoms with E-state index >= 15 is 0 Å². The van der Waals surface area contributed by atoms with Gasteiger partial charge in [-0.3, -0.25) is 0 Å². The van der Waals surface area contributed by atoms with Crippen LogP contribution in [0, 0.1) is 13.8 Å². The molecule has 1 atom stereocenters. The molecule has 0 amide bonds. The fraction of sp³-hybridized carbons (Fsp3) is 0.368. The summed E-state index contributed by atoms with van der Waals surface area (Å²) in [6.07, 6.45) is 0.933. The number of likely N-dealkylation sites (N-methyl/N-ethyl adjacent to an activating group) is 1. The molecular formula is C19H25NO. The van der Waals surface area contributed by atoms with E-state index in [4.69, 9.17) is 4.74 Å². The molecule has 0 bridgehead atoms. The van der Waals surface area contributed by atoms with Crippen molar-refractivity contribution in [3.8, 4) is 5.75 Å². The molecule has 0 aliphatic carbocycles. The molecule has 112 valence electrons. The summed E-state index contributed by atoms with van der Waals surface area (Å²) < 4.78 is 5.51. The molecule has 0 fully saturated rings. The minimum Gasteiger partial charge on any atom is -0.496 e. The van der Waals surface area contributed by atoms with E-state index in [1.807, 2.05) is 0 Å². The number of hydrogen-bond acceptors (Lipinski definition) is 2. The van der Waals surface area contributed by atoms with Crippen molar-refractivity contribution in [3.63, 3.8) is 0 Å². The Morgan fingerprint density at radius 2 is 1.81 bits per heavy atom. The zero-order valence-electron chi connectivity index (χ0n) is 13.4. The highest BCUT2D eigenvalue weighted by Gasteiger charge is 2.14. The Kier molecular flexibility index (Phi) is 5.40. The van der Waals surface area contributed by atoms with Gasteiger partial charge in [0.15, 0.2) is 0 Å². The second-order valence-corrected chi connectivity index (χ2v) is 5.54. The fourth-order valence-corrected chi connectivity index (χ4v) is 2.73. The summed E-state index contributed by atoms with van der Waals surface area (Å²) in [7, 11) is 1.74. The largest absolute Gasteiger partial charge is 0.496 e. The first-order valence-corrected chi connectivity index (χ1v) is 7.57. The van der Waals surface area contributed by atoms with Crippen LogP contribution in [-0.4, -0.2) is 13.7 Å². The van der Waals surface area contributed by atoms with E-state index in [0.29, 0.717) is 6.04 Å². The second kappa shape index (κ2) is 7.28. The van der Waals surface area contributed by atoms with Crippen molar-refractivity contribution in [2.24, 2.45) is 0 Å². The van der Waals surface area contributed by atoms with E-state index in [-0.39, 0.29) is 0 Å². The van der Waals surface area contributed by atoms with Crippen molar-refractivity contribution in [1.29, 1.82) is 0 Å². The van der Waals surface area contributed by atoms with Crippen LogP contribution < -0.4 is 10.1 Å². The van der Waals surface area contributed by atoms with Gasteiger partial charge in [0.05, 0.1) is 7.11 Å². The van der Waals surface area contributed by atoms with Gasteiger partial charge in [0, 0.05) is 6.04 Å². The molecule has 2 rings (SSSR count). The number of hydrogen-bond donors (Lipinski definition) is 1. The minimum atomic E-state index is 0.311. The Morgan fingerprint density at radius 1 is 1.05 bits per heavy atom. The molecule has 2 aromatic carbocycles. The summed E-state index contributed by atoms with van der Waals surface area (Å²) in [5.41, 5.74) is 5.15. The van der Waals surface area contributed by atoms with E-state index < -0.39 is 0 Å². The van der Waals surface area contributed by atoms with Crippen LogP contribution in [-0.2, 0) is 6.42 Å². The lowest BCUT2D eigenvalue weighted by atomic mass is 9.96. The zero-order chi connectivity index (χ0) is 15.2. The Labute approximate surface area is 128 Å². The number of rotatable bonds is 6. The van der Waals surface area contributed by atoms with Crippen LogP contribution in [0.1, 0.15) is 35.2 Å². The van der Waals surface area contributed by atoms with E-state index in [1.54, 1.807) is 7.11 Å². The van der Waals surface area contributed by atoms with Gasteiger partial charge in [-0.15, -0.1) is 0 Å². The first-order valence-electron chi connectivity index (χ1n) is 7.57. The zero-order valence-corrected chi connectivity index (χ0v) is 13.4. The maximum Gasteiger partial charge on any atom is 0.122 e. The van der Waals surface area contributed by atoms with Crippen LogP contribution in [0.5, 0.6) is 5.75 Å². The van der Waals surface area contributed by atoms with Crippen molar-refractivity contribution in [1.82, 2.24) is 5.32 Å². The van der Waals surface area contributed by atoms with Gasteiger partial charge in [0.25, 0.3) is 0 Å². The molecule has 0 aliphatic heterocycles. The van der Waals surface area contributed by atoms with Crippen molar-refractivity contribution < 1.29 is 4.74 Å². The van der Waals surface area contributed by atoms with E-state index in [2.05, 4.69) is 68.6 Å². The highest BCUT2D eigenvalue weighted by Crippen LogP contribution is 2.26. The van der Waals surface area contributed by atoms with Crippen LogP contribution in [0.2, 0.25) is 0 Å². The lowest BCUT2D eigenvalue weighted by Gasteiger charge is -2.20. The van der Waals surface area contributed by atoms with Gasteiger partial charge in [-0.1, -0.05) is 54.4 Å². The molecular weight excluding hydrogens is 258 g/mol. The maximum absolute atomic E-state index is 5.51. The molecule has 2 aromatic rings. The van der Waals surface area contributed by atoms with Crippen molar-refractivity contribution in [2.45, 2.75) is 33.2 Å². The number of methoxy groups -OCH3 is 1. The number of aryl methyl sites for hydroxylation is 2. The average Bonchev–Trinajstić information content (AvgIpc) is 2.47. The average molecular weight is 283 g/mol. The summed E-state index contributed by atoms with van der Waals surface area (Å²) in [5, 5.41) is 3.59. The van der Waals surface area contributed by atoms with Gasteiger partial charge < -0.3 is 10.1 Å². The Bertz CT molecular complexity index is 592. The van der Waals surface area contributed by atoms with Crippen LogP contribution in [0.25, 0.3) is 0 Å². The fourth-order valence-electron chi connectivity index (χ4n) is 2.73. The molecule has 0 heterocycles. The quantitative estimate of drug-likeness (QED) is 0.857. The molecule has 1 unspecified atom stereocenters. The summed E-state index contributed by atoms with van der Waals surface area (Å²) in [6, 6.07) is 15.4. The van der Waals surface area contributed by atoms with Gasteiger partial charge in [0.2, 0.25) is 0 Å². The highest BCUT2D eigenvalue weighted by atomic mass is 16.5. The predicted octanol–water partition coefficient (Wildman–Crippen LogP) is 4.21. The number of nitrogens with one attached hydrogen (secondary N) is 1. The van der Waals surface area contributed by atoms with E-state index in [0.717, 1.165) is 18.7 Å². The third-order valence-electron chi connectivity index (χ3n) is 3.75. The van der Waals surface area contributed by atoms with Crippen molar-refractivity contribution in [3.05, 3.63) is 64.7 Å². The van der Waals surface area contributed by atoms with Gasteiger partial charge in [-0.05, 0) is 44.0 Å². The summed E-state index contributed by atoms with van der Waals surface area (Å²) in [6.45, 7) is 7.36. The van der Waals surface area contributed by atoms with Crippen molar-refractivity contribution >= 4 is 0 Å². The maximum atomic E-state index is 5.51. The smallest absolute Gasteiger partial charge is 0.122 e. The SMILES string of the molecule is CCNC(Cc1cc(C)ccc1OC)c1cccc(C)c1. The molecule has 0 saturated carbocycles. The monoisotopic (exact) mass is 283 g/mol. The Morgan fingerprint density at radius 3 is 2.48 bits per heavy atom. The lowest BCUT2D eigenvalue weighted by Crippen LogP contribution is -2.23. The van der Waals surface area contributed by atoms with Crippen LogP contribution >= 0.6 is 0 Å². The van der Waals surface area contributed by atoms with Gasteiger partial charge in [-0.25, -0.2) is 0 Å². The topological polar surface area (TPSA) is 21.3 Å². The molecule has 1 N–H and O–H groups in total. The molecule has 0 spiro atoms. The third-order valence-corrected chi connectivity index (χ3v) is 3.75. The van der Waals surface area contributed by atoms with Crippen LogP contribution in [0.4, 0.5) is 0 Å². The predicted molar refractivity (Wildman–Crippen MR) is 89.0 cm³/mol. The third kappa shape index (κ3) is 4.08. The molecule has 2 heteroatoms. The molecule has 21 heavy (non-hydrogen) atoms. The van der Waals surface area contributed by atoms with Crippen LogP contribution in [0.15, 0.2) is 42.5 Å². The van der Waals surface area contributed by atoms with Gasteiger partial charge in [-0.2, -0.15) is 0 Å². The second-order valence-electron chi connectivity index (χ2n) is 5.54. The number of benzene rings is 2.